The summed E-state index contributed by atoms with van der Waals surface area (Å²) in [6.07, 6.45) is 0.840. The van der Waals surface area contributed by atoms with Crippen molar-refractivity contribution in [2.75, 3.05) is 19.0 Å². The van der Waals surface area contributed by atoms with Crippen molar-refractivity contribution in [3.05, 3.63) is 59.3 Å². The standard InChI is InChI=1S/C19H21N3O3/c1-12-4-6-14(7-5-12)17-18(25-11-16(23)22(17)3)19(24)21-15-10-13(2)8-9-20-15/h4-10,17-18H,11H2,1-3H3,(H,20,21,24)/t17-,18+/m0/s1. The first-order valence-corrected chi connectivity index (χ1v) is 8.13. The van der Waals surface area contributed by atoms with E-state index in [-0.39, 0.29) is 18.4 Å². The number of benzene rings is 1. The summed E-state index contributed by atoms with van der Waals surface area (Å²) in [5.41, 5.74) is 2.97. The van der Waals surface area contributed by atoms with Crippen LogP contribution in [0.3, 0.4) is 0 Å². The summed E-state index contributed by atoms with van der Waals surface area (Å²) < 4.78 is 5.59. The van der Waals surface area contributed by atoms with Crippen LogP contribution in [0.25, 0.3) is 0 Å². The van der Waals surface area contributed by atoms with Crippen LogP contribution < -0.4 is 5.32 Å². The van der Waals surface area contributed by atoms with Crippen molar-refractivity contribution in [3.63, 3.8) is 0 Å². The molecular formula is C19H21N3O3. The highest BCUT2D eigenvalue weighted by Crippen LogP contribution is 2.30. The normalized spacial score (nSPS) is 20.4. The number of likely N-dealkylation sites (N-methyl/N-ethyl adjacent to an activating group) is 1. The molecule has 1 aliphatic rings. The van der Waals surface area contributed by atoms with Crippen LogP contribution in [0.5, 0.6) is 0 Å². The monoisotopic (exact) mass is 339 g/mol. The molecule has 1 saturated heterocycles. The van der Waals surface area contributed by atoms with E-state index >= 15 is 0 Å². The molecule has 1 aromatic carbocycles. The molecule has 0 aliphatic carbocycles. The highest BCUT2D eigenvalue weighted by atomic mass is 16.5. The van der Waals surface area contributed by atoms with Gasteiger partial charge in [-0.3, -0.25) is 9.59 Å². The van der Waals surface area contributed by atoms with Crippen molar-refractivity contribution in [3.8, 4) is 0 Å². The smallest absolute Gasteiger partial charge is 0.257 e. The molecule has 6 heteroatoms. The van der Waals surface area contributed by atoms with Crippen LogP contribution in [-0.2, 0) is 14.3 Å². The fourth-order valence-corrected chi connectivity index (χ4v) is 2.90. The van der Waals surface area contributed by atoms with Crippen molar-refractivity contribution >= 4 is 17.6 Å². The van der Waals surface area contributed by atoms with Gasteiger partial charge in [-0.25, -0.2) is 4.98 Å². The highest BCUT2D eigenvalue weighted by molar-refractivity contribution is 5.95. The van der Waals surface area contributed by atoms with Gasteiger partial charge in [0, 0.05) is 13.2 Å². The van der Waals surface area contributed by atoms with E-state index in [4.69, 9.17) is 4.74 Å². The van der Waals surface area contributed by atoms with Gasteiger partial charge < -0.3 is 15.0 Å². The number of ether oxygens (including phenoxy) is 1. The van der Waals surface area contributed by atoms with E-state index in [0.717, 1.165) is 16.7 Å². The number of rotatable bonds is 3. The Morgan fingerprint density at radius 3 is 2.60 bits per heavy atom. The maximum Gasteiger partial charge on any atom is 0.257 e. The second-order valence-corrected chi connectivity index (χ2v) is 6.30. The van der Waals surface area contributed by atoms with Gasteiger partial charge in [0.25, 0.3) is 5.91 Å². The molecule has 6 nitrogen and oxygen atoms in total. The summed E-state index contributed by atoms with van der Waals surface area (Å²) in [7, 11) is 1.70. The van der Waals surface area contributed by atoms with Gasteiger partial charge >= 0.3 is 0 Å². The molecule has 0 spiro atoms. The number of aryl methyl sites for hydroxylation is 2. The topological polar surface area (TPSA) is 71.5 Å². The van der Waals surface area contributed by atoms with Gasteiger partial charge in [-0.2, -0.15) is 0 Å². The molecule has 1 N–H and O–H groups in total. The van der Waals surface area contributed by atoms with Crippen molar-refractivity contribution in [1.29, 1.82) is 0 Å². The summed E-state index contributed by atoms with van der Waals surface area (Å²) in [6, 6.07) is 10.9. The number of carbonyl (C=O) groups excluding carboxylic acids is 2. The van der Waals surface area contributed by atoms with E-state index in [1.165, 1.54) is 0 Å². The second-order valence-electron chi connectivity index (χ2n) is 6.30. The third-order valence-corrected chi connectivity index (χ3v) is 4.33. The average molecular weight is 339 g/mol. The van der Waals surface area contributed by atoms with Crippen molar-refractivity contribution in [1.82, 2.24) is 9.88 Å². The van der Waals surface area contributed by atoms with Crippen LogP contribution in [0.4, 0.5) is 5.82 Å². The predicted molar refractivity (Wildman–Crippen MR) is 94.0 cm³/mol. The van der Waals surface area contributed by atoms with Gasteiger partial charge in [0.2, 0.25) is 5.91 Å². The molecule has 0 saturated carbocycles. The summed E-state index contributed by atoms with van der Waals surface area (Å²) >= 11 is 0. The number of carbonyl (C=O) groups is 2. The molecule has 2 amide bonds. The second kappa shape index (κ2) is 7.03. The molecule has 2 heterocycles. The first-order chi connectivity index (χ1) is 12.0. The molecule has 3 rings (SSSR count). The molecule has 0 unspecified atom stereocenters. The van der Waals surface area contributed by atoms with Crippen molar-refractivity contribution in [2.24, 2.45) is 0 Å². The Kier molecular flexibility index (Phi) is 4.81. The average Bonchev–Trinajstić information content (AvgIpc) is 2.58. The lowest BCUT2D eigenvalue weighted by atomic mass is 9.96. The minimum Gasteiger partial charge on any atom is -0.356 e. The zero-order valence-electron chi connectivity index (χ0n) is 14.5. The minimum atomic E-state index is -0.798. The quantitative estimate of drug-likeness (QED) is 0.931. The number of nitrogens with one attached hydrogen (secondary N) is 1. The van der Waals surface area contributed by atoms with Crippen LogP contribution in [0, 0.1) is 13.8 Å². The van der Waals surface area contributed by atoms with Gasteiger partial charge in [-0.1, -0.05) is 29.8 Å². The molecule has 1 aliphatic heterocycles. The lowest BCUT2D eigenvalue weighted by molar-refractivity contribution is -0.160. The zero-order chi connectivity index (χ0) is 18.0. The maximum absolute atomic E-state index is 12.8. The number of morpholine rings is 1. The van der Waals surface area contributed by atoms with Gasteiger partial charge in [0.05, 0.1) is 6.04 Å². The number of nitrogens with zero attached hydrogens (tertiary/aromatic N) is 2. The molecule has 2 aromatic rings. The van der Waals surface area contributed by atoms with E-state index in [0.29, 0.717) is 5.82 Å². The summed E-state index contributed by atoms with van der Waals surface area (Å²) in [4.78, 5) is 30.6. The van der Waals surface area contributed by atoms with E-state index in [2.05, 4.69) is 10.3 Å². The van der Waals surface area contributed by atoms with E-state index in [1.54, 1.807) is 24.2 Å². The molecule has 0 bridgehead atoms. The minimum absolute atomic E-state index is 0.113. The Morgan fingerprint density at radius 1 is 1.20 bits per heavy atom. The Bertz CT molecular complexity index is 789. The van der Waals surface area contributed by atoms with Crippen LogP contribution in [0.15, 0.2) is 42.6 Å². The molecule has 0 radical (unpaired) electrons. The van der Waals surface area contributed by atoms with E-state index in [1.807, 2.05) is 44.2 Å². The lowest BCUT2D eigenvalue weighted by Crippen LogP contribution is -2.51. The molecule has 2 atom stereocenters. The molecule has 130 valence electrons. The number of hydrogen-bond acceptors (Lipinski definition) is 4. The van der Waals surface area contributed by atoms with Crippen molar-refractivity contribution < 1.29 is 14.3 Å². The fourth-order valence-electron chi connectivity index (χ4n) is 2.90. The Balaban J connectivity index is 1.87. The fraction of sp³-hybridized carbons (Fsp3) is 0.316. The molecule has 1 fully saturated rings. The summed E-state index contributed by atoms with van der Waals surface area (Å²) in [5.74, 6) is 0.00198. The molecular weight excluding hydrogens is 318 g/mol. The van der Waals surface area contributed by atoms with Crippen LogP contribution in [0.1, 0.15) is 22.7 Å². The van der Waals surface area contributed by atoms with Gasteiger partial charge in [0.15, 0.2) is 6.10 Å². The largest absolute Gasteiger partial charge is 0.356 e. The maximum atomic E-state index is 12.8. The third kappa shape index (κ3) is 3.69. The van der Waals surface area contributed by atoms with E-state index < -0.39 is 12.1 Å². The number of hydrogen-bond donors (Lipinski definition) is 1. The van der Waals surface area contributed by atoms with Gasteiger partial charge in [-0.15, -0.1) is 0 Å². The first-order valence-electron chi connectivity index (χ1n) is 8.13. The van der Waals surface area contributed by atoms with Gasteiger partial charge in [0.1, 0.15) is 12.4 Å². The number of amides is 2. The van der Waals surface area contributed by atoms with Crippen LogP contribution in [-0.4, -0.2) is 41.5 Å². The molecule has 25 heavy (non-hydrogen) atoms. The zero-order valence-corrected chi connectivity index (χ0v) is 14.5. The molecule has 1 aromatic heterocycles. The number of aromatic nitrogens is 1. The van der Waals surface area contributed by atoms with Crippen LogP contribution >= 0.6 is 0 Å². The Hall–Kier alpha value is -2.73. The number of pyridine rings is 1. The lowest BCUT2D eigenvalue weighted by Gasteiger charge is -2.38. The van der Waals surface area contributed by atoms with E-state index in [9.17, 15) is 9.59 Å². The van der Waals surface area contributed by atoms with Crippen molar-refractivity contribution in [2.45, 2.75) is 26.0 Å². The predicted octanol–water partition coefficient (Wildman–Crippen LogP) is 2.24. The number of anilines is 1. The highest BCUT2D eigenvalue weighted by Gasteiger charge is 2.40. The SMILES string of the molecule is Cc1ccc([C@H]2[C@H](C(=O)Nc3cc(C)ccn3)OCC(=O)N2C)cc1. The third-order valence-electron chi connectivity index (χ3n) is 4.33. The first kappa shape index (κ1) is 17.1. The Morgan fingerprint density at radius 2 is 1.92 bits per heavy atom. The Labute approximate surface area is 146 Å². The summed E-state index contributed by atoms with van der Waals surface area (Å²) in [5, 5.41) is 2.79. The van der Waals surface area contributed by atoms with Gasteiger partial charge in [-0.05, 0) is 37.1 Å². The summed E-state index contributed by atoms with van der Waals surface area (Å²) in [6.45, 7) is 3.80. The van der Waals surface area contributed by atoms with Crippen LogP contribution in [0.2, 0.25) is 0 Å².